The van der Waals surface area contributed by atoms with E-state index >= 15 is 0 Å². The fourth-order valence-electron chi connectivity index (χ4n) is 1.31. The van der Waals surface area contributed by atoms with Gasteiger partial charge >= 0.3 is 0 Å². The van der Waals surface area contributed by atoms with Gasteiger partial charge in [-0.05, 0) is 24.4 Å². The first-order valence-corrected chi connectivity index (χ1v) is 6.26. The first-order valence-electron chi connectivity index (χ1n) is 5.38. The Kier molecular flexibility index (Phi) is 7.16. The molecule has 1 heterocycles. The summed E-state index contributed by atoms with van der Waals surface area (Å²) in [6.45, 7) is 2.96. The van der Waals surface area contributed by atoms with Gasteiger partial charge in [0.1, 0.15) is 5.75 Å². The van der Waals surface area contributed by atoms with E-state index in [1.165, 1.54) is 4.88 Å². The van der Waals surface area contributed by atoms with Crippen molar-refractivity contribution in [2.75, 3.05) is 33.5 Å². The Morgan fingerprint density at radius 3 is 3.06 bits per heavy atom. The van der Waals surface area contributed by atoms with Crippen LogP contribution in [-0.4, -0.2) is 38.6 Å². The SMILES string of the molecule is COc1ccsc1CNCCCOCCO. The fraction of sp³-hybridized carbons (Fsp3) is 0.636. The molecule has 0 aliphatic carbocycles. The summed E-state index contributed by atoms with van der Waals surface area (Å²) in [5.41, 5.74) is 0. The van der Waals surface area contributed by atoms with Gasteiger partial charge in [-0.25, -0.2) is 0 Å². The van der Waals surface area contributed by atoms with Gasteiger partial charge in [0.2, 0.25) is 0 Å². The number of rotatable bonds is 9. The molecule has 0 fully saturated rings. The molecule has 4 nitrogen and oxygen atoms in total. The van der Waals surface area contributed by atoms with Crippen molar-refractivity contribution in [3.8, 4) is 5.75 Å². The molecule has 0 aromatic carbocycles. The van der Waals surface area contributed by atoms with Crippen molar-refractivity contribution < 1.29 is 14.6 Å². The van der Waals surface area contributed by atoms with E-state index in [9.17, 15) is 0 Å². The summed E-state index contributed by atoms with van der Waals surface area (Å²) in [4.78, 5) is 1.22. The van der Waals surface area contributed by atoms with Crippen molar-refractivity contribution in [1.29, 1.82) is 0 Å². The minimum atomic E-state index is 0.0970. The molecule has 2 N–H and O–H groups in total. The Bertz CT molecular complexity index is 278. The molecule has 0 radical (unpaired) electrons. The van der Waals surface area contributed by atoms with Crippen molar-refractivity contribution in [2.45, 2.75) is 13.0 Å². The third-order valence-corrected chi connectivity index (χ3v) is 2.99. The molecule has 0 spiro atoms. The number of hydrogen-bond donors (Lipinski definition) is 2. The van der Waals surface area contributed by atoms with Crippen LogP contribution in [0.5, 0.6) is 5.75 Å². The van der Waals surface area contributed by atoms with Crippen LogP contribution in [0.1, 0.15) is 11.3 Å². The third kappa shape index (κ3) is 4.94. The van der Waals surface area contributed by atoms with Gasteiger partial charge in [-0.2, -0.15) is 0 Å². The highest BCUT2D eigenvalue weighted by atomic mass is 32.1. The van der Waals surface area contributed by atoms with Crippen molar-refractivity contribution in [3.63, 3.8) is 0 Å². The van der Waals surface area contributed by atoms with E-state index in [1.54, 1.807) is 18.4 Å². The molecule has 1 rings (SSSR count). The summed E-state index contributed by atoms with van der Waals surface area (Å²) >= 11 is 1.69. The Morgan fingerprint density at radius 1 is 1.44 bits per heavy atom. The van der Waals surface area contributed by atoms with Gasteiger partial charge in [0.05, 0.1) is 25.2 Å². The van der Waals surface area contributed by atoms with Crippen LogP contribution in [0, 0.1) is 0 Å². The summed E-state index contributed by atoms with van der Waals surface area (Å²) in [6, 6.07) is 1.98. The van der Waals surface area contributed by atoms with Crippen LogP contribution in [0.25, 0.3) is 0 Å². The minimum absolute atomic E-state index is 0.0970. The minimum Gasteiger partial charge on any atom is -0.496 e. The lowest BCUT2D eigenvalue weighted by atomic mass is 10.4. The molecule has 0 saturated carbocycles. The number of aliphatic hydroxyl groups is 1. The summed E-state index contributed by atoms with van der Waals surface area (Å²) in [5, 5.41) is 13.9. The van der Waals surface area contributed by atoms with Crippen LogP contribution in [0.15, 0.2) is 11.4 Å². The summed E-state index contributed by atoms with van der Waals surface area (Å²) < 4.78 is 10.4. The molecule has 1 aromatic rings. The van der Waals surface area contributed by atoms with Crippen LogP contribution >= 0.6 is 11.3 Å². The van der Waals surface area contributed by atoms with Gasteiger partial charge in [0, 0.05) is 13.2 Å². The van der Waals surface area contributed by atoms with Crippen molar-refractivity contribution in [2.24, 2.45) is 0 Å². The van der Waals surface area contributed by atoms with Crippen molar-refractivity contribution in [1.82, 2.24) is 5.32 Å². The standard InChI is InChI=1S/C11H19NO3S/c1-14-10-3-8-16-11(10)9-12-4-2-6-15-7-5-13/h3,8,12-13H,2,4-7,9H2,1H3. The van der Waals surface area contributed by atoms with E-state index in [0.717, 1.165) is 25.3 Å². The van der Waals surface area contributed by atoms with E-state index in [0.29, 0.717) is 13.2 Å². The zero-order chi connectivity index (χ0) is 11.6. The molecule has 0 amide bonds. The second-order valence-corrected chi connectivity index (χ2v) is 4.28. The Hall–Kier alpha value is -0.620. The highest BCUT2D eigenvalue weighted by Gasteiger charge is 2.02. The molecule has 0 unspecified atom stereocenters. The summed E-state index contributed by atoms with van der Waals surface area (Å²) in [5.74, 6) is 0.953. The molecule has 0 aliphatic heterocycles. The molecule has 16 heavy (non-hydrogen) atoms. The van der Waals surface area contributed by atoms with Crippen LogP contribution < -0.4 is 10.1 Å². The van der Waals surface area contributed by atoms with Gasteiger partial charge in [0.25, 0.3) is 0 Å². The van der Waals surface area contributed by atoms with Crippen LogP contribution in [0.2, 0.25) is 0 Å². The van der Waals surface area contributed by atoms with E-state index in [1.807, 2.05) is 11.4 Å². The maximum Gasteiger partial charge on any atom is 0.134 e. The predicted molar refractivity (Wildman–Crippen MR) is 65.1 cm³/mol. The average Bonchev–Trinajstić information content (AvgIpc) is 2.75. The number of nitrogens with one attached hydrogen (secondary N) is 1. The molecule has 1 aromatic heterocycles. The van der Waals surface area contributed by atoms with E-state index < -0.39 is 0 Å². The summed E-state index contributed by atoms with van der Waals surface area (Å²) in [7, 11) is 1.69. The molecular formula is C11H19NO3S. The lowest BCUT2D eigenvalue weighted by molar-refractivity contribution is 0.0907. The summed E-state index contributed by atoms with van der Waals surface area (Å²) in [6.07, 6.45) is 0.952. The monoisotopic (exact) mass is 245 g/mol. The van der Waals surface area contributed by atoms with Gasteiger partial charge in [0.15, 0.2) is 0 Å². The molecular weight excluding hydrogens is 226 g/mol. The predicted octanol–water partition coefficient (Wildman–Crippen LogP) is 1.25. The highest BCUT2D eigenvalue weighted by Crippen LogP contribution is 2.23. The van der Waals surface area contributed by atoms with Crippen LogP contribution in [0.3, 0.4) is 0 Å². The Labute approximate surface area is 100 Å². The topological polar surface area (TPSA) is 50.7 Å². The second-order valence-electron chi connectivity index (χ2n) is 3.28. The maximum atomic E-state index is 8.50. The highest BCUT2D eigenvalue weighted by molar-refractivity contribution is 7.10. The lowest BCUT2D eigenvalue weighted by Gasteiger charge is -2.05. The smallest absolute Gasteiger partial charge is 0.134 e. The second kappa shape index (κ2) is 8.52. The van der Waals surface area contributed by atoms with Crippen molar-refractivity contribution >= 4 is 11.3 Å². The third-order valence-electron chi connectivity index (χ3n) is 2.09. The largest absolute Gasteiger partial charge is 0.496 e. The number of methoxy groups -OCH3 is 1. The van der Waals surface area contributed by atoms with Crippen LogP contribution in [0.4, 0.5) is 0 Å². The van der Waals surface area contributed by atoms with Gasteiger partial charge in [-0.15, -0.1) is 11.3 Å². The quantitative estimate of drug-likeness (QED) is 0.643. The number of aliphatic hydroxyl groups excluding tert-OH is 1. The molecule has 0 saturated heterocycles. The first-order chi connectivity index (χ1) is 7.88. The van der Waals surface area contributed by atoms with Gasteiger partial charge < -0.3 is 19.9 Å². The average molecular weight is 245 g/mol. The van der Waals surface area contributed by atoms with Gasteiger partial charge in [-0.1, -0.05) is 0 Å². The lowest BCUT2D eigenvalue weighted by Crippen LogP contribution is -2.16. The fourth-order valence-corrected chi connectivity index (χ4v) is 2.12. The zero-order valence-electron chi connectivity index (χ0n) is 9.57. The molecule has 0 aliphatic rings. The van der Waals surface area contributed by atoms with Crippen molar-refractivity contribution in [3.05, 3.63) is 16.3 Å². The van der Waals surface area contributed by atoms with E-state index in [2.05, 4.69) is 5.32 Å². The Balaban J connectivity index is 2.03. The zero-order valence-corrected chi connectivity index (χ0v) is 10.4. The first kappa shape index (κ1) is 13.4. The Morgan fingerprint density at radius 2 is 2.31 bits per heavy atom. The number of ether oxygens (including phenoxy) is 2. The molecule has 92 valence electrons. The normalized spacial score (nSPS) is 10.6. The number of thiophene rings is 1. The molecule has 5 heteroatoms. The van der Waals surface area contributed by atoms with E-state index in [4.69, 9.17) is 14.6 Å². The maximum absolute atomic E-state index is 8.50. The molecule has 0 atom stereocenters. The van der Waals surface area contributed by atoms with Crippen LogP contribution in [-0.2, 0) is 11.3 Å². The number of hydrogen-bond acceptors (Lipinski definition) is 5. The molecule has 0 bridgehead atoms. The van der Waals surface area contributed by atoms with E-state index in [-0.39, 0.29) is 6.61 Å². The van der Waals surface area contributed by atoms with Gasteiger partial charge in [-0.3, -0.25) is 0 Å².